The second-order valence-electron chi connectivity index (χ2n) is 7.83. The highest BCUT2D eigenvalue weighted by Gasteiger charge is 2.22. The van der Waals surface area contributed by atoms with E-state index in [0.717, 1.165) is 24.8 Å². The molecule has 0 aliphatic heterocycles. The summed E-state index contributed by atoms with van der Waals surface area (Å²) in [7, 11) is 0. The van der Waals surface area contributed by atoms with E-state index < -0.39 is 0 Å². The monoisotopic (exact) mass is 372 g/mol. The molecule has 3 rings (SSSR count). The van der Waals surface area contributed by atoms with Gasteiger partial charge in [-0.2, -0.15) is 0 Å². The summed E-state index contributed by atoms with van der Waals surface area (Å²) in [5.41, 5.74) is 6.62. The van der Waals surface area contributed by atoms with Crippen LogP contribution in [0.25, 0.3) is 5.57 Å². The Hall–Kier alpha value is -2.41. The van der Waals surface area contributed by atoms with E-state index >= 15 is 0 Å². The molecule has 1 aliphatic rings. The average Bonchev–Trinajstić information content (AvgIpc) is 3.15. The van der Waals surface area contributed by atoms with Crippen LogP contribution in [0.1, 0.15) is 62.6 Å². The van der Waals surface area contributed by atoms with Gasteiger partial charge in [-0.05, 0) is 47.9 Å². The number of aryl methyl sites for hydroxylation is 1. The minimum absolute atomic E-state index is 0.338. The molecular weight excluding hydrogens is 340 g/mol. The quantitative estimate of drug-likeness (QED) is 0.440. The Morgan fingerprint density at radius 1 is 0.857 bits per heavy atom. The Labute approximate surface area is 170 Å². The number of unbranched alkanes of at least 4 members (excludes halogenated alkanes) is 1. The Kier molecular flexibility index (Phi) is 7.42. The van der Waals surface area contributed by atoms with Gasteiger partial charge in [0, 0.05) is 18.8 Å². The van der Waals surface area contributed by atoms with Crippen molar-refractivity contribution >= 4 is 11.4 Å². The van der Waals surface area contributed by atoms with E-state index in [2.05, 4.69) is 80.6 Å². The molecular formula is C27H32O. The van der Waals surface area contributed by atoms with Crippen LogP contribution in [-0.4, -0.2) is 5.78 Å². The van der Waals surface area contributed by atoms with Crippen molar-refractivity contribution in [3.8, 4) is 0 Å². The highest BCUT2D eigenvalue weighted by atomic mass is 16.1. The lowest BCUT2D eigenvalue weighted by Gasteiger charge is -2.18. The van der Waals surface area contributed by atoms with Crippen molar-refractivity contribution in [2.24, 2.45) is 5.92 Å². The highest BCUT2D eigenvalue weighted by molar-refractivity contribution is 5.81. The largest absolute Gasteiger partial charge is 0.299 e. The predicted octanol–water partition coefficient (Wildman–Crippen LogP) is 6.97. The van der Waals surface area contributed by atoms with Crippen LogP contribution in [0.2, 0.25) is 0 Å². The standard InChI is InChI=1S/C27H32O/c1-3-5-9-21-12-14-22(15-13-21)20-25(28)18-16-24-17-19-27(26(24)4-2)23-10-7-6-8-11-23/h6-8,10-15,17,19,26H,3-5,9,16,18,20H2,1-2H3. The van der Waals surface area contributed by atoms with Crippen molar-refractivity contribution in [2.45, 2.75) is 58.8 Å². The van der Waals surface area contributed by atoms with Crippen LogP contribution in [0.5, 0.6) is 0 Å². The Morgan fingerprint density at radius 2 is 1.57 bits per heavy atom. The van der Waals surface area contributed by atoms with E-state index in [1.165, 1.54) is 35.1 Å². The van der Waals surface area contributed by atoms with Crippen molar-refractivity contribution in [1.29, 1.82) is 0 Å². The van der Waals surface area contributed by atoms with E-state index in [-0.39, 0.29) is 0 Å². The third kappa shape index (κ3) is 5.32. The minimum Gasteiger partial charge on any atom is -0.299 e. The molecule has 0 aromatic heterocycles. The van der Waals surface area contributed by atoms with Gasteiger partial charge in [0.2, 0.25) is 0 Å². The Morgan fingerprint density at radius 3 is 2.25 bits per heavy atom. The van der Waals surface area contributed by atoms with Gasteiger partial charge in [-0.1, -0.05) is 92.6 Å². The van der Waals surface area contributed by atoms with Crippen LogP contribution >= 0.6 is 0 Å². The molecule has 0 heterocycles. The zero-order valence-electron chi connectivity index (χ0n) is 17.3. The molecule has 1 aliphatic carbocycles. The summed E-state index contributed by atoms with van der Waals surface area (Å²) < 4.78 is 0. The van der Waals surface area contributed by atoms with Crippen LogP contribution < -0.4 is 0 Å². The molecule has 0 fully saturated rings. The molecule has 1 nitrogen and oxygen atoms in total. The van der Waals surface area contributed by atoms with Crippen molar-refractivity contribution in [2.75, 3.05) is 0 Å². The minimum atomic E-state index is 0.338. The zero-order chi connectivity index (χ0) is 19.8. The van der Waals surface area contributed by atoms with E-state index in [9.17, 15) is 4.79 Å². The fraction of sp³-hybridized carbons (Fsp3) is 0.370. The average molecular weight is 373 g/mol. The van der Waals surface area contributed by atoms with Gasteiger partial charge in [-0.25, -0.2) is 0 Å². The summed E-state index contributed by atoms with van der Waals surface area (Å²) >= 11 is 0. The first-order valence-corrected chi connectivity index (χ1v) is 10.8. The van der Waals surface area contributed by atoms with Gasteiger partial charge in [0.05, 0.1) is 0 Å². The fourth-order valence-corrected chi connectivity index (χ4v) is 4.10. The maximum absolute atomic E-state index is 12.5. The first-order valence-electron chi connectivity index (χ1n) is 10.8. The van der Waals surface area contributed by atoms with Gasteiger partial charge in [0.25, 0.3) is 0 Å². The molecule has 0 bridgehead atoms. The SMILES string of the molecule is CCCCc1ccc(CC(=O)CCC2=CC=C(c3ccccc3)C2CC)cc1. The summed E-state index contributed by atoms with van der Waals surface area (Å²) in [6, 6.07) is 19.2. The number of rotatable bonds is 10. The Bertz CT molecular complexity index is 824. The van der Waals surface area contributed by atoms with Crippen LogP contribution in [0.3, 0.4) is 0 Å². The predicted molar refractivity (Wildman–Crippen MR) is 119 cm³/mol. The number of benzene rings is 2. The molecule has 0 amide bonds. The van der Waals surface area contributed by atoms with Gasteiger partial charge < -0.3 is 0 Å². The van der Waals surface area contributed by atoms with Gasteiger partial charge in [0.1, 0.15) is 5.78 Å². The third-order valence-electron chi connectivity index (χ3n) is 5.75. The second kappa shape index (κ2) is 10.2. The lowest BCUT2D eigenvalue weighted by atomic mass is 9.86. The maximum atomic E-state index is 12.5. The summed E-state index contributed by atoms with van der Waals surface area (Å²) in [5, 5.41) is 0. The van der Waals surface area contributed by atoms with Crippen molar-refractivity contribution in [1.82, 2.24) is 0 Å². The molecule has 0 spiro atoms. The second-order valence-corrected chi connectivity index (χ2v) is 7.83. The molecule has 1 heteroatoms. The molecule has 146 valence electrons. The smallest absolute Gasteiger partial charge is 0.137 e. The topological polar surface area (TPSA) is 17.1 Å². The Balaban J connectivity index is 1.51. The molecule has 28 heavy (non-hydrogen) atoms. The normalized spacial score (nSPS) is 16.0. The maximum Gasteiger partial charge on any atom is 0.137 e. The number of allylic oxidation sites excluding steroid dienone is 4. The first-order chi connectivity index (χ1) is 13.7. The van der Waals surface area contributed by atoms with Crippen LogP contribution in [-0.2, 0) is 17.6 Å². The number of carbonyl (C=O) groups is 1. The summed E-state index contributed by atoms with van der Waals surface area (Å²) in [6.45, 7) is 4.46. The van der Waals surface area contributed by atoms with E-state index in [1.54, 1.807) is 0 Å². The summed E-state index contributed by atoms with van der Waals surface area (Å²) in [5.74, 6) is 0.790. The lowest BCUT2D eigenvalue weighted by Crippen LogP contribution is -2.07. The van der Waals surface area contributed by atoms with Crippen LogP contribution in [0.4, 0.5) is 0 Å². The van der Waals surface area contributed by atoms with Crippen molar-refractivity contribution in [3.63, 3.8) is 0 Å². The van der Waals surface area contributed by atoms with Gasteiger partial charge in [-0.3, -0.25) is 4.79 Å². The van der Waals surface area contributed by atoms with Crippen molar-refractivity contribution < 1.29 is 4.79 Å². The molecule has 0 N–H and O–H groups in total. The molecule has 2 aromatic carbocycles. The molecule has 2 aromatic rings. The van der Waals surface area contributed by atoms with E-state index in [4.69, 9.17) is 0 Å². The molecule has 0 saturated heterocycles. The zero-order valence-corrected chi connectivity index (χ0v) is 17.3. The summed E-state index contributed by atoms with van der Waals surface area (Å²) in [4.78, 5) is 12.5. The number of hydrogen-bond donors (Lipinski definition) is 0. The first kappa shape index (κ1) is 20.3. The molecule has 0 saturated carbocycles. The van der Waals surface area contributed by atoms with Crippen LogP contribution in [0, 0.1) is 5.92 Å². The molecule has 1 atom stereocenters. The van der Waals surface area contributed by atoms with Crippen LogP contribution in [0.15, 0.2) is 72.3 Å². The fourth-order valence-electron chi connectivity index (χ4n) is 4.10. The third-order valence-corrected chi connectivity index (χ3v) is 5.75. The van der Waals surface area contributed by atoms with E-state index in [0.29, 0.717) is 24.5 Å². The van der Waals surface area contributed by atoms with Gasteiger partial charge in [-0.15, -0.1) is 0 Å². The lowest BCUT2D eigenvalue weighted by molar-refractivity contribution is -0.118. The van der Waals surface area contributed by atoms with E-state index in [1.807, 2.05) is 0 Å². The molecule has 0 radical (unpaired) electrons. The van der Waals surface area contributed by atoms with Gasteiger partial charge in [0.15, 0.2) is 0 Å². The van der Waals surface area contributed by atoms with Gasteiger partial charge >= 0.3 is 0 Å². The number of carbonyl (C=O) groups excluding carboxylic acids is 1. The highest BCUT2D eigenvalue weighted by Crippen LogP contribution is 2.38. The number of hydrogen-bond acceptors (Lipinski definition) is 1. The number of ketones is 1. The summed E-state index contributed by atoms with van der Waals surface area (Å²) in [6.07, 6.45) is 11.2. The van der Waals surface area contributed by atoms with Crippen molar-refractivity contribution in [3.05, 3.63) is 89.0 Å². The number of Topliss-reactive ketones (excluding diaryl/α,β-unsaturated/α-hetero) is 1. The molecule has 1 unspecified atom stereocenters.